The molecule has 0 atom stereocenters. The monoisotopic (exact) mass is 297 g/mol. The lowest BCUT2D eigenvalue weighted by molar-refractivity contribution is -0.384. The van der Waals surface area contributed by atoms with Crippen LogP contribution in [0.3, 0.4) is 0 Å². The molecule has 0 unspecified atom stereocenters. The molecule has 0 saturated carbocycles. The third-order valence-corrected chi connectivity index (χ3v) is 3.33. The van der Waals surface area contributed by atoms with Crippen LogP contribution in [0.25, 0.3) is 0 Å². The van der Waals surface area contributed by atoms with Crippen molar-refractivity contribution in [3.05, 3.63) is 69.8 Å². The summed E-state index contributed by atoms with van der Waals surface area (Å²) in [5.41, 5.74) is 1.96. The van der Waals surface area contributed by atoms with Crippen LogP contribution in [-0.2, 0) is 6.61 Å². The highest BCUT2D eigenvalue weighted by atomic mass is 16.6. The number of nitro benzene ring substituents is 1. The molecular weight excluding hydrogens is 282 g/mol. The van der Waals surface area contributed by atoms with Crippen LogP contribution in [0.4, 0.5) is 5.69 Å². The van der Waals surface area contributed by atoms with Crippen molar-refractivity contribution in [1.29, 1.82) is 0 Å². The highest BCUT2D eigenvalue weighted by molar-refractivity contribution is 6.00. The van der Waals surface area contributed by atoms with Crippen molar-refractivity contribution in [3.63, 3.8) is 0 Å². The summed E-state index contributed by atoms with van der Waals surface area (Å²) in [4.78, 5) is 14.6. The first-order chi connectivity index (χ1) is 10.7. The molecule has 0 bridgehead atoms. The fourth-order valence-corrected chi connectivity index (χ4v) is 2.20. The molecule has 0 radical (unpaired) electrons. The Morgan fingerprint density at radius 1 is 1.23 bits per heavy atom. The summed E-state index contributed by atoms with van der Waals surface area (Å²) in [6.45, 7) is 2.02. The van der Waals surface area contributed by atoms with Gasteiger partial charge in [-0.05, 0) is 29.8 Å². The second kappa shape index (κ2) is 6.26. The van der Waals surface area contributed by atoms with Crippen LogP contribution < -0.4 is 10.1 Å². The molecule has 1 N–H and O–H groups in total. The maximum Gasteiger partial charge on any atom is 0.269 e. The van der Waals surface area contributed by atoms with Crippen LogP contribution in [0, 0.1) is 10.1 Å². The van der Waals surface area contributed by atoms with E-state index in [1.165, 1.54) is 12.1 Å². The maximum atomic E-state index is 10.6. The number of benzene rings is 2. The SMILES string of the molecule is O=[N+]([O-])c1ccc(COc2cccc(C3=NCCN3)c2)cc1. The number of nitro groups is 1. The molecule has 1 aliphatic heterocycles. The molecule has 112 valence electrons. The fraction of sp³-hybridized carbons (Fsp3) is 0.188. The van der Waals surface area contributed by atoms with Gasteiger partial charge < -0.3 is 10.1 Å². The van der Waals surface area contributed by atoms with Crippen molar-refractivity contribution in [1.82, 2.24) is 5.32 Å². The van der Waals surface area contributed by atoms with E-state index < -0.39 is 4.92 Å². The Bertz CT molecular complexity index is 711. The molecule has 0 spiro atoms. The summed E-state index contributed by atoms with van der Waals surface area (Å²) in [6.07, 6.45) is 0. The van der Waals surface area contributed by atoms with Crippen LogP contribution in [0.2, 0.25) is 0 Å². The van der Waals surface area contributed by atoms with E-state index in [9.17, 15) is 10.1 Å². The van der Waals surface area contributed by atoms with Crippen molar-refractivity contribution in [3.8, 4) is 5.75 Å². The van der Waals surface area contributed by atoms with E-state index >= 15 is 0 Å². The van der Waals surface area contributed by atoms with Gasteiger partial charge in [0.15, 0.2) is 0 Å². The van der Waals surface area contributed by atoms with Crippen LogP contribution >= 0.6 is 0 Å². The van der Waals surface area contributed by atoms with Crippen LogP contribution in [0.15, 0.2) is 53.5 Å². The van der Waals surface area contributed by atoms with Crippen molar-refractivity contribution >= 4 is 11.5 Å². The van der Waals surface area contributed by atoms with Gasteiger partial charge in [0.25, 0.3) is 5.69 Å². The average molecular weight is 297 g/mol. The van der Waals surface area contributed by atoms with E-state index in [1.807, 2.05) is 24.3 Å². The van der Waals surface area contributed by atoms with Crippen molar-refractivity contribution in [2.45, 2.75) is 6.61 Å². The third-order valence-electron chi connectivity index (χ3n) is 3.33. The predicted molar refractivity (Wildman–Crippen MR) is 83.3 cm³/mol. The van der Waals surface area contributed by atoms with Gasteiger partial charge in [0.1, 0.15) is 18.2 Å². The Kier molecular flexibility index (Phi) is 4.00. The third kappa shape index (κ3) is 3.22. The minimum absolute atomic E-state index is 0.0797. The van der Waals surface area contributed by atoms with Gasteiger partial charge in [0, 0.05) is 24.2 Å². The highest BCUT2D eigenvalue weighted by Gasteiger charge is 2.09. The number of aliphatic imine (C=N–C) groups is 1. The molecule has 0 fully saturated rings. The molecular formula is C16H15N3O3. The lowest BCUT2D eigenvalue weighted by atomic mass is 10.2. The van der Waals surface area contributed by atoms with E-state index in [0.717, 1.165) is 35.8 Å². The van der Waals surface area contributed by atoms with Crippen LogP contribution in [0.5, 0.6) is 5.75 Å². The first-order valence-corrected chi connectivity index (χ1v) is 6.97. The number of rotatable bonds is 5. The van der Waals surface area contributed by atoms with E-state index in [-0.39, 0.29) is 5.69 Å². The molecule has 6 nitrogen and oxygen atoms in total. The van der Waals surface area contributed by atoms with Gasteiger partial charge >= 0.3 is 0 Å². The Labute approximate surface area is 127 Å². The minimum atomic E-state index is -0.413. The zero-order valence-electron chi connectivity index (χ0n) is 11.9. The second-order valence-electron chi connectivity index (χ2n) is 4.90. The van der Waals surface area contributed by atoms with Gasteiger partial charge in [0.05, 0.1) is 11.5 Å². The maximum absolute atomic E-state index is 10.6. The van der Waals surface area contributed by atoms with Crippen molar-refractivity contribution in [2.75, 3.05) is 13.1 Å². The number of nitrogens with zero attached hydrogens (tertiary/aromatic N) is 2. The Morgan fingerprint density at radius 2 is 2.05 bits per heavy atom. The zero-order valence-corrected chi connectivity index (χ0v) is 11.9. The van der Waals surface area contributed by atoms with Gasteiger partial charge in [-0.1, -0.05) is 12.1 Å². The normalized spacial score (nSPS) is 13.4. The first-order valence-electron chi connectivity index (χ1n) is 6.97. The van der Waals surface area contributed by atoms with Crippen LogP contribution in [0.1, 0.15) is 11.1 Å². The molecule has 0 aliphatic carbocycles. The topological polar surface area (TPSA) is 76.8 Å². The minimum Gasteiger partial charge on any atom is -0.489 e. The number of non-ortho nitro benzene ring substituents is 1. The van der Waals surface area contributed by atoms with Gasteiger partial charge in [-0.2, -0.15) is 0 Å². The molecule has 0 saturated heterocycles. The van der Waals surface area contributed by atoms with E-state index in [1.54, 1.807) is 12.1 Å². The molecule has 2 aromatic rings. The number of ether oxygens (including phenoxy) is 1. The summed E-state index contributed by atoms with van der Waals surface area (Å²) in [6, 6.07) is 14.1. The van der Waals surface area contributed by atoms with Gasteiger partial charge in [-0.3, -0.25) is 15.1 Å². The molecule has 0 aromatic heterocycles. The molecule has 0 amide bonds. The van der Waals surface area contributed by atoms with Gasteiger partial charge in [-0.15, -0.1) is 0 Å². The average Bonchev–Trinajstić information content (AvgIpc) is 3.08. The fourth-order valence-electron chi connectivity index (χ4n) is 2.20. The van der Waals surface area contributed by atoms with Crippen molar-refractivity contribution < 1.29 is 9.66 Å². The number of amidine groups is 1. The number of hydrogen-bond donors (Lipinski definition) is 1. The number of nitrogens with one attached hydrogen (secondary N) is 1. The Morgan fingerprint density at radius 3 is 2.73 bits per heavy atom. The number of hydrogen-bond acceptors (Lipinski definition) is 5. The molecule has 22 heavy (non-hydrogen) atoms. The Hall–Kier alpha value is -2.89. The summed E-state index contributed by atoms with van der Waals surface area (Å²) in [5.74, 6) is 1.63. The quantitative estimate of drug-likeness (QED) is 0.679. The van der Waals surface area contributed by atoms with Gasteiger partial charge in [-0.25, -0.2) is 0 Å². The first kappa shape index (κ1) is 14.1. The lowest BCUT2D eigenvalue weighted by Crippen LogP contribution is -2.19. The summed E-state index contributed by atoms with van der Waals surface area (Å²) in [5, 5.41) is 13.8. The van der Waals surface area contributed by atoms with E-state index in [4.69, 9.17) is 4.74 Å². The summed E-state index contributed by atoms with van der Waals surface area (Å²) < 4.78 is 5.74. The summed E-state index contributed by atoms with van der Waals surface area (Å²) in [7, 11) is 0. The molecule has 2 aromatic carbocycles. The largest absolute Gasteiger partial charge is 0.489 e. The predicted octanol–water partition coefficient (Wildman–Crippen LogP) is 2.52. The van der Waals surface area contributed by atoms with E-state index in [0.29, 0.717) is 6.61 Å². The van der Waals surface area contributed by atoms with Gasteiger partial charge in [0.2, 0.25) is 0 Å². The van der Waals surface area contributed by atoms with Crippen molar-refractivity contribution in [2.24, 2.45) is 4.99 Å². The summed E-state index contributed by atoms with van der Waals surface area (Å²) >= 11 is 0. The molecule has 3 rings (SSSR count). The Balaban J connectivity index is 1.66. The standard InChI is InChI=1S/C16H15N3O3/c20-19(21)14-6-4-12(5-7-14)11-22-15-3-1-2-13(10-15)16-17-8-9-18-16/h1-7,10H,8-9,11H2,(H,17,18). The smallest absolute Gasteiger partial charge is 0.269 e. The lowest BCUT2D eigenvalue weighted by Gasteiger charge is -2.08. The highest BCUT2D eigenvalue weighted by Crippen LogP contribution is 2.17. The molecule has 6 heteroatoms. The van der Waals surface area contributed by atoms with Crippen LogP contribution in [-0.4, -0.2) is 23.8 Å². The molecule has 1 aliphatic rings. The molecule has 1 heterocycles. The second-order valence-corrected chi connectivity index (χ2v) is 4.90. The zero-order chi connectivity index (χ0) is 15.4. The van der Waals surface area contributed by atoms with E-state index in [2.05, 4.69) is 10.3 Å².